The van der Waals surface area contributed by atoms with Crippen molar-refractivity contribution in [2.75, 3.05) is 39.2 Å². The Kier molecular flexibility index (Phi) is 7.27. The number of likely N-dealkylation sites (tertiary alicyclic amines) is 1. The molecular formula is C13H25N3O4S. The van der Waals surface area contributed by atoms with Gasteiger partial charge < -0.3 is 25.3 Å². The highest BCUT2D eigenvalue weighted by Gasteiger charge is 2.35. The molecule has 0 spiro atoms. The fraction of sp³-hybridized carbons (Fsp3) is 0.846. The van der Waals surface area contributed by atoms with Gasteiger partial charge >= 0.3 is 12.0 Å². The van der Waals surface area contributed by atoms with Gasteiger partial charge in [-0.1, -0.05) is 0 Å². The first kappa shape index (κ1) is 18.1. The molecule has 1 fully saturated rings. The number of urea groups is 1. The molecule has 1 aliphatic heterocycles. The second-order valence-corrected chi connectivity index (χ2v) is 6.57. The highest BCUT2D eigenvalue weighted by Crippen LogP contribution is 2.18. The van der Waals surface area contributed by atoms with Gasteiger partial charge in [-0.2, -0.15) is 11.8 Å². The Morgan fingerprint density at radius 2 is 2.14 bits per heavy atom. The zero-order chi connectivity index (χ0) is 16.0. The fourth-order valence-electron chi connectivity index (χ4n) is 2.46. The van der Waals surface area contributed by atoms with Crippen LogP contribution in [0.3, 0.4) is 0 Å². The molecule has 1 saturated heterocycles. The summed E-state index contributed by atoms with van der Waals surface area (Å²) < 4.78 is 0. The quantitative estimate of drug-likeness (QED) is 0.607. The minimum atomic E-state index is -1.03. The number of rotatable bonds is 7. The van der Waals surface area contributed by atoms with E-state index in [0.29, 0.717) is 25.1 Å². The number of likely N-dealkylation sites (N-methyl/N-ethyl adjacent to an activating group) is 1. The lowest BCUT2D eigenvalue weighted by molar-refractivity contribution is -0.139. The summed E-state index contributed by atoms with van der Waals surface area (Å²) in [6, 6.07) is -1.39. The van der Waals surface area contributed by atoms with E-state index in [4.69, 9.17) is 5.11 Å². The maximum atomic E-state index is 12.3. The van der Waals surface area contributed by atoms with E-state index in [0.717, 1.165) is 0 Å². The molecule has 122 valence electrons. The number of carbonyl (C=O) groups is 2. The summed E-state index contributed by atoms with van der Waals surface area (Å²) in [4.78, 5) is 26.9. The monoisotopic (exact) mass is 319 g/mol. The summed E-state index contributed by atoms with van der Waals surface area (Å²) in [6.07, 6.45) is 2.26. The van der Waals surface area contributed by atoms with Crippen LogP contribution < -0.4 is 5.32 Å². The average molecular weight is 319 g/mol. The Hall–Kier alpha value is -0.990. The third-order valence-corrected chi connectivity index (χ3v) is 4.08. The van der Waals surface area contributed by atoms with E-state index in [9.17, 15) is 14.7 Å². The third-order valence-electron chi connectivity index (χ3n) is 3.44. The van der Waals surface area contributed by atoms with Crippen LogP contribution in [-0.2, 0) is 4.79 Å². The lowest BCUT2D eigenvalue weighted by Crippen LogP contribution is -2.51. The number of carboxylic acid groups (broad SMARTS) is 1. The van der Waals surface area contributed by atoms with Crippen molar-refractivity contribution in [2.24, 2.45) is 0 Å². The minimum Gasteiger partial charge on any atom is -0.480 e. The molecule has 0 aromatic rings. The normalized spacial score (nSPS) is 23.4. The maximum Gasteiger partial charge on any atom is 0.326 e. The predicted octanol–water partition coefficient (Wildman–Crippen LogP) is -0.101. The van der Waals surface area contributed by atoms with Crippen LogP contribution >= 0.6 is 11.8 Å². The highest BCUT2D eigenvalue weighted by atomic mass is 32.2. The first-order chi connectivity index (χ1) is 9.85. The van der Waals surface area contributed by atoms with Gasteiger partial charge in [-0.05, 0) is 38.9 Å². The molecule has 0 aliphatic carbocycles. The van der Waals surface area contributed by atoms with Gasteiger partial charge in [-0.15, -0.1) is 0 Å². The molecule has 0 aromatic heterocycles. The molecule has 3 N–H and O–H groups in total. The first-order valence-electron chi connectivity index (χ1n) is 6.96. The van der Waals surface area contributed by atoms with Gasteiger partial charge in [0.05, 0.1) is 6.10 Å². The molecule has 21 heavy (non-hydrogen) atoms. The lowest BCUT2D eigenvalue weighted by Gasteiger charge is -2.28. The zero-order valence-corrected chi connectivity index (χ0v) is 13.6. The van der Waals surface area contributed by atoms with Crippen molar-refractivity contribution in [2.45, 2.75) is 31.0 Å². The summed E-state index contributed by atoms with van der Waals surface area (Å²) in [6.45, 7) is 0.895. The van der Waals surface area contributed by atoms with Crippen LogP contribution in [0.4, 0.5) is 4.79 Å². The molecule has 0 radical (unpaired) electrons. The van der Waals surface area contributed by atoms with Gasteiger partial charge in [-0.25, -0.2) is 9.59 Å². The molecule has 0 aromatic carbocycles. The smallest absolute Gasteiger partial charge is 0.326 e. The van der Waals surface area contributed by atoms with Crippen LogP contribution in [0.5, 0.6) is 0 Å². The molecule has 8 heteroatoms. The molecule has 1 rings (SSSR count). The number of β-amino-alcohol motifs (C(OH)–C–C–N with tert-alkyl or cyclic N) is 1. The molecule has 0 bridgehead atoms. The van der Waals surface area contributed by atoms with E-state index in [1.165, 1.54) is 0 Å². The van der Waals surface area contributed by atoms with Gasteiger partial charge in [0.25, 0.3) is 0 Å². The van der Waals surface area contributed by atoms with Crippen LogP contribution in [0.15, 0.2) is 0 Å². The van der Waals surface area contributed by atoms with Gasteiger partial charge in [0.1, 0.15) is 6.04 Å². The molecule has 1 heterocycles. The van der Waals surface area contributed by atoms with Gasteiger partial charge in [0, 0.05) is 19.1 Å². The van der Waals surface area contributed by atoms with Crippen molar-refractivity contribution >= 4 is 23.8 Å². The number of nitrogens with zero attached hydrogens (tertiary/aromatic N) is 2. The number of hydrogen-bond acceptors (Lipinski definition) is 5. The SMILES string of the molecule is CSCC[C@H](NC(=O)N1CC(O)CC1CN(C)C)C(=O)O. The Bertz CT molecular complexity index is 367. The van der Waals surface area contributed by atoms with Crippen LogP contribution in [0, 0.1) is 0 Å². The maximum absolute atomic E-state index is 12.3. The van der Waals surface area contributed by atoms with E-state index in [2.05, 4.69) is 5.32 Å². The van der Waals surface area contributed by atoms with Crippen molar-refractivity contribution in [3.8, 4) is 0 Å². The van der Waals surface area contributed by atoms with Gasteiger partial charge in [-0.3, -0.25) is 0 Å². The summed E-state index contributed by atoms with van der Waals surface area (Å²) in [7, 11) is 3.80. The molecule has 3 atom stereocenters. The number of amides is 2. The Labute approximate surface area is 129 Å². The average Bonchev–Trinajstić information content (AvgIpc) is 2.73. The molecule has 1 aliphatic rings. The second kappa shape index (κ2) is 8.45. The van der Waals surface area contributed by atoms with Crippen molar-refractivity contribution in [3.05, 3.63) is 0 Å². The summed E-state index contributed by atoms with van der Waals surface area (Å²) in [5, 5.41) is 21.5. The third kappa shape index (κ3) is 5.72. The summed E-state index contributed by atoms with van der Waals surface area (Å²) in [5.74, 6) is -0.359. The van der Waals surface area contributed by atoms with E-state index in [-0.39, 0.29) is 12.6 Å². The fourth-order valence-corrected chi connectivity index (χ4v) is 2.93. The van der Waals surface area contributed by atoms with E-state index in [1.807, 2.05) is 25.3 Å². The molecule has 2 amide bonds. The summed E-state index contributed by atoms with van der Waals surface area (Å²) >= 11 is 1.54. The Morgan fingerprint density at radius 3 is 2.67 bits per heavy atom. The van der Waals surface area contributed by atoms with Crippen LogP contribution in [0.2, 0.25) is 0 Å². The number of nitrogens with one attached hydrogen (secondary N) is 1. The number of carbonyl (C=O) groups excluding carboxylic acids is 1. The summed E-state index contributed by atoms with van der Waals surface area (Å²) in [5.41, 5.74) is 0. The highest BCUT2D eigenvalue weighted by molar-refractivity contribution is 7.98. The number of aliphatic hydroxyl groups excluding tert-OH is 1. The topological polar surface area (TPSA) is 93.1 Å². The standard InChI is InChI=1S/C13H25N3O4S/c1-15(2)7-9-6-10(17)8-16(9)13(20)14-11(12(18)19)4-5-21-3/h9-11,17H,4-8H2,1-3H3,(H,14,20)(H,18,19)/t9?,10?,11-/m0/s1. The van der Waals surface area contributed by atoms with Crippen molar-refractivity contribution < 1.29 is 19.8 Å². The largest absolute Gasteiger partial charge is 0.480 e. The molecule has 2 unspecified atom stereocenters. The number of aliphatic carboxylic acids is 1. The number of carboxylic acids is 1. The zero-order valence-electron chi connectivity index (χ0n) is 12.8. The number of thioether (sulfide) groups is 1. The number of aliphatic hydroxyl groups is 1. The van der Waals surface area contributed by atoms with Crippen LogP contribution in [0.1, 0.15) is 12.8 Å². The van der Waals surface area contributed by atoms with Gasteiger partial charge in [0.15, 0.2) is 0 Å². The minimum absolute atomic E-state index is 0.0926. The predicted molar refractivity (Wildman–Crippen MR) is 82.6 cm³/mol. The van der Waals surface area contributed by atoms with Crippen molar-refractivity contribution in [1.29, 1.82) is 0 Å². The van der Waals surface area contributed by atoms with Crippen LogP contribution in [-0.4, -0.2) is 89.4 Å². The molecular weight excluding hydrogens is 294 g/mol. The lowest BCUT2D eigenvalue weighted by atomic mass is 10.2. The van der Waals surface area contributed by atoms with E-state index < -0.39 is 24.1 Å². The Morgan fingerprint density at radius 1 is 1.48 bits per heavy atom. The molecule has 0 saturated carbocycles. The Balaban J connectivity index is 2.64. The first-order valence-corrected chi connectivity index (χ1v) is 8.36. The number of hydrogen-bond donors (Lipinski definition) is 3. The van der Waals surface area contributed by atoms with E-state index in [1.54, 1.807) is 16.7 Å². The second-order valence-electron chi connectivity index (χ2n) is 5.58. The molecule has 7 nitrogen and oxygen atoms in total. The van der Waals surface area contributed by atoms with Gasteiger partial charge in [0.2, 0.25) is 0 Å². The van der Waals surface area contributed by atoms with Crippen molar-refractivity contribution in [3.63, 3.8) is 0 Å². The van der Waals surface area contributed by atoms with Crippen molar-refractivity contribution in [1.82, 2.24) is 15.1 Å². The van der Waals surface area contributed by atoms with E-state index >= 15 is 0 Å². The van der Waals surface area contributed by atoms with Crippen LogP contribution in [0.25, 0.3) is 0 Å².